The zero-order valence-electron chi connectivity index (χ0n) is 16.7. The van der Waals surface area contributed by atoms with Gasteiger partial charge in [0.15, 0.2) is 5.78 Å². The Kier molecular flexibility index (Phi) is 5.53. The van der Waals surface area contributed by atoms with E-state index in [4.69, 9.17) is 5.10 Å². The molecule has 4 rings (SSSR count). The summed E-state index contributed by atoms with van der Waals surface area (Å²) in [6, 6.07) is 17.9. The molecule has 2 aromatic heterocycles. The summed E-state index contributed by atoms with van der Waals surface area (Å²) in [6.45, 7) is 1.69. The molecule has 0 amide bonds. The molecule has 0 unspecified atom stereocenters. The van der Waals surface area contributed by atoms with Gasteiger partial charge < -0.3 is 5.32 Å². The number of nitro groups is 1. The van der Waals surface area contributed by atoms with E-state index in [1.54, 1.807) is 29.2 Å². The van der Waals surface area contributed by atoms with Crippen molar-refractivity contribution in [1.82, 2.24) is 14.8 Å². The van der Waals surface area contributed by atoms with Crippen LogP contribution in [0.5, 0.6) is 0 Å². The SMILES string of the molecule is CC(=O)c1ccc(NCc2cn(-c3ccccc3)nc2-c2ccncc2)c([N+](=O)[O-])c1. The van der Waals surface area contributed by atoms with Crippen molar-refractivity contribution in [3.8, 4) is 16.9 Å². The molecule has 154 valence electrons. The number of Topliss-reactive ketones (excluding diaryl/α,β-unsaturated/α-hetero) is 1. The molecule has 0 saturated heterocycles. The lowest BCUT2D eigenvalue weighted by atomic mass is 10.1. The van der Waals surface area contributed by atoms with Crippen LogP contribution in [0.15, 0.2) is 79.3 Å². The highest BCUT2D eigenvalue weighted by Gasteiger charge is 2.18. The predicted octanol–water partition coefficient (Wildman–Crippen LogP) is 4.66. The van der Waals surface area contributed by atoms with Gasteiger partial charge in [0, 0.05) is 47.9 Å². The fraction of sp³-hybridized carbons (Fsp3) is 0.0870. The maximum absolute atomic E-state index is 11.6. The molecule has 31 heavy (non-hydrogen) atoms. The average Bonchev–Trinajstić information content (AvgIpc) is 3.23. The van der Waals surface area contributed by atoms with Gasteiger partial charge in [-0.15, -0.1) is 0 Å². The minimum Gasteiger partial charge on any atom is -0.375 e. The van der Waals surface area contributed by atoms with Crippen molar-refractivity contribution < 1.29 is 9.72 Å². The third kappa shape index (κ3) is 4.32. The van der Waals surface area contributed by atoms with Gasteiger partial charge in [-0.3, -0.25) is 19.9 Å². The quantitative estimate of drug-likeness (QED) is 0.269. The van der Waals surface area contributed by atoms with Crippen LogP contribution in [0.25, 0.3) is 16.9 Å². The van der Waals surface area contributed by atoms with Crippen molar-refractivity contribution in [3.63, 3.8) is 0 Å². The molecule has 2 heterocycles. The summed E-state index contributed by atoms with van der Waals surface area (Å²) in [6.07, 6.45) is 5.28. The number of ketones is 1. The second-order valence-electron chi connectivity index (χ2n) is 6.92. The lowest BCUT2D eigenvalue weighted by molar-refractivity contribution is -0.384. The number of nitro benzene ring substituents is 1. The van der Waals surface area contributed by atoms with Crippen LogP contribution in [0.4, 0.5) is 11.4 Å². The third-order valence-electron chi connectivity index (χ3n) is 4.83. The van der Waals surface area contributed by atoms with Crippen molar-refractivity contribution in [2.75, 3.05) is 5.32 Å². The lowest BCUT2D eigenvalue weighted by Gasteiger charge is -2.08. The molecule has 0 spiro atoms. The van der Waals surface area contributed by atoms with E-state index in [0.717, 1.165) is 22.5 Å². The highest BCUT2D eigenvalue weighted by Crippen LogP contribution is 2.28. The van der Waals surface area contributed by atoms with Crippen LogP contribution in [-0.2, 0) is 6.54 Å². The van der Waals surface area contributed by atoms with E-state index in [1.807, 2.05) is 48.7 Å². The van der Waals surface area contributed by atoms with Crippen LogP contribution in [0.2, 0.25) is 0 Å². The topological polar surface area (TPSA) is 103 Å². The number of hydrogen-bond donors (Lipinski definition) is 1. The molecule has 1 N–H and O–H groups in total. The molecule has 8 nitrogen and oxygen atoms in total. The van der Waals surface area contributed by atoms with E-state index in [1.165, 1.54) is 13.0 Å². The van der Waals surface area contributed by atoms with E-state index >= 15 is 0 Å². The fourth-order valence-corrected chi connectivity index (χ4v) is 3.25. The molecule has 0 aliphatic carbocycles. The van der Waals surface area contributed by atoms with E-state index < -0.39 is 4.92 Å². The Bertz CT molecular complexity index is 1240. The average molecular weight is 413 g/mol. The number of benzene rings is 2. The van der Waals surface area contributed by atoms with Gasteiger partial charge in [-0.1, -0.05) is 18.2 Å². The molecule has 0 aliphatic rings. The first kappa shape index (κ1) is 20.0. The Hall–Kier alpha value is -4.33. The Balaban J connectivity index is 1.69. The van der Waals surface area contributed by atoms with Crippen molar-refractivity contribution in [1.29, 1.82) is 0 Å². The van der Waals surface area contributed by atoms with Crippen LogP contribution in [-0.4, -0.2) is 25.5 Å². The number of anilines is 1. The maximum Gasteiger partial charge on any atom is 0.293 e. The first-order chi connectivity index (χ1) is 15.0. The van der Waals surface area contributed by atoms with Gasteiger partial charge in [-0.05, 0) is 43.3 Å². The second-order valence-corrected chi connectivity index (χ2v) is 6.92. The summed E-state index contributed by atoms with van der Waals surface area (Å²) in [5.41, 5.74) is 3.90. The molecule has 2 aromatic carbocycles. The van der Waals surface area contributed by atoms with Crippen molar-refractivity contribution in [2.45, 2.75) is 13.5 Å². The molecule has 0 fully saturated rings. The molecule has 0 bridgehead atoms. The first-order valence-electron chi connectivity index (χ1n) is 9.60. The molecule has 0 atom stereocenters. The number of nitrogens with zero attached hydrogens (tertiary/aromatic N) is 4. The Morgan fingerprint density at radius 2 is 1.84 bits per heavy atom. The van der Waals surface area contributed by atoms with Crippen molar-refractivity contribution >= 4 is 17.2 Å². The van der Waals surface area contributed by atoms with E-state index in [-0.39, 0.29) is 11.5 Å². The van der Waals surface area contributed by atoms with E-state index in [2.05, 4.69) is 10.3 Å². The maximum atomic E-state index is 11.6. The number of pyridine rings is 1. The van der Waals surface area contributed by atoms with Gasteiger partial charge in [0.1, 0.15) is 5.69 Å². The Morgan fingerprint density at radius 3 is 2.52 bits per heavy atom. The highest BCUT2D eigenvalue weighted by molar-refractivity contribution is 5.95. The number of aromatic nitrogens is 3. The summed E-state index contributed by atoms with van der Waals surface area (Å²) < 4.78 is 1.78. The number of rotatable bonds is 7. The van der Waals surface area contributed by atoms with Crippen LogP contribution in [0, 0.1) is 10.1 Å². The highest BCUT2D eigenvalue weighted by atomic mass is 16.6. The van der Waals surface area contributed by atoms with Crippen LogP contribution < -0.4 is 5.32 Å². The van der Waals surface area contributed by atoms with Gasteiger partial charge in [-0.25, -0.2) is 4.68 Å². The molecule has 0 aliphatic heterocycles. The first-order valence-corrected chi connectivity index (χ1v) is 9.60. The third-order valence-corrected chi connectivity index (χ3v) is 4.83. The Morgan fingerprint density at radius 1 is 1.10 bits per heavy atom. The van der Waals surface area contributed by atoms with Gasteiger partial charge in [0.25, 0.3) is 5.69 Å². The van der Waals surface area contributed by atoms with Crippen LogP contribution in [0.3, 0.4) is 0 Å². The van der Waals surface area contributed by atoms with Crippen molar-refractivity contribution in [3.05, 3.63) is 100 Å². The number of carbonyl (C=O) groups is 1. The number of hydrogen-bond acceptors (Lipinski definition) is 6. The standard InChI is InChI=1S/C23H19N5O3/c1-16(29)18-7-8-21(22(13-18)28(30)31)25-14-19-15-27(20-5-3-2-4-6-20)26-23(19)17-9-11-24-12-10-17/h2-13,15,25H,14H2,1H3. The minimum atomic E-state index is -0.494. The minimum absolute atomic E-state index is 0.145. The van der Waals surface area contributed by atoms with E-state index in [9.17, 15) is 14.9 Å². The van der Waals surface area contributed by atoms with E-state index in [0.29, 0.717) is 17.8 Å². The smallest absolute Gasteiger partial charge is 0.293 e. The summed E-state index contributed by atoms with van der Waals surface area (Å²) in [4.78, 5) is 26.7. The largest absolute Gasteiger partial charge is 0.375 e. The molecule has 8 heteroatoms. The van der Waals surface area contributed by atoms with Gasteiger partial charge in [-0.2, -0.15) is 5.10 Å². The molecule has 0 radical (unpaired) electrons. The Labute approximate surface area is 178 Å². The summed E-state index contributed by atoms with van der Waals surface area (Å²) in [7, 11) is 0. The monoisotopic (exact) mass is 413 g/mol. The number of nitrogens with one attached hydrogen (secondary N) is 1. The zero-order chi connectivity index (χ0) is 21.8. The zero-order valence-corrected chi connectivity index (χ0v) is 16.7. The normalized spacial score (nSPS) is 10.6. The molecular formula is C23H19N5O3. The number of para-hydroxylation sites is 1. The summed E-state index contributed by atoms with van der Waals surface area (Å²) >= 11 is 0. The molecule has 0 saturated carbocycles. The predicted molar refractivity (Wildman–Crippen MR) is 117 cm³/mol. The molecular weight excluding hydrogens is 394 g/mol. The lowest BCUT2D eigenvalue weighted by Crippen LogP contribution is -2.04. The summed E-state index contributed by atoms with van der Waals surface area (Å²) in [5, 5.41) is 19.4. The van der Waals surface area contributed by atoms with Crippen molar-refractivity contribution in [2.24, 2.45) is 0 Å². The van der Waals surface area contributed by atoms with Gasteiger partial charge in [0.05, 0.1) is 16.3 Å². The van der Waals surface area contributed by atoms with Gasteiger partial charge >= 0.3 is 0 Å². The number of carbonyl (C=O) groups excluding carboxylic acids is 1. The second kappa shape index (κ2) is 8.58. The molecule has 4 aromatic rings. The fourth-order valence-electron chi connectivity index (χ4n) is 3.25. The summed E-state index contributed by atoms with van der Waals surface area (Å²) in [5.74, 6) is -0.223. The van der Waals surface area contributed by atoms with Crippen LogP contribution in [0.1, 0.15) is 22.8 Å². The van der Waals surface area contributed by atoms with Gasteiger partial charge in [0.2, 0.25) is 0 Å². The van der Waals surface area contributed by atoms with Crippen LogP contribution >= 0.6 is 0 Å².